The van der Waals surface area contributed by atoms with E-state index in [1.807, 2.05) is 6.08 Å². The second kappa shape index (κ2) is 4.47. The van der Waals surface area contributed by atoms with Gasteiger partial charge in [0, 0.05) is 19.6 Å². The van der Waals surface area contributed by atoms with Crippen molar-refractivity contribution in [2.24, 2.45) is 0 Å². The Kier molecular flexibility index (Phi) is 3.47. The Morgan fingerprint density at radius 2 is 2.40 bits per heavy atom. The van der Waals surface area contributed by atoms with E-state index in [9.17, 15) is 0 Å². The summed E-state index contributed by atoms with van der Waals surface area (Å²) < 4.78 is 0. The predicted molar refractivity (Wildman–Crippen MR) is 43.6 cm³/mol. The minimum atomic E-state index is 1.09. The molecule has 1 aliphatic rings. The van der Waals surface area contributed by atoms with Crippen molar-refractivity contribution in [1.29, 1.82) is 0 Å². The molecule has 0 radical (unpaired) electrons. The third-order valence-electron chi connectivity index (χ3n) is 1.79. The van der Waals surface area contributed by atoms with Gasteiger partial charge in [-0.2, -0.15) is 0 Å². The molecule has 0 atom stereocenters. The van der Waals surface area contributed by atoms with E-state index in [0.29, 0.717) is 0 Å². The summed E-state index contributed by atoms with van der Waals surface area (Å²) in [6.45, 7) is 7.16. The van der Waals surface area contributed by atoms with Crippen molar-refractivity contribution in [2.75, 3.05) is 19.6 Å². The maximum absolute atomic E-state index is 3.69. The third-order valence-corrected chi connectivity index (χ3v) is 1.79. The molecule has 0 aromatic carbocycles. The van der Waals surface area contributed by atoms with Crippen LogP contribution < -0.4 is 5.43 Å². The Morgan fingerprint density at radius 3 is 3.00 bits per heavy atom. The monoisotopic (exact) mass is 140 g/mol. The summed E-state index contributed by atoms with van der Waals surface area (Å²) in [5, 5.41) is 2.28. The topological polar surface area (TPSA) is 15.3 Å². The van der Waals surface area contributed by atoms with E-state index < -0.39 is 0 Å². The van der Waals surface area contributed by atoms with E-state index in [1.165, 1.54) is 19.4 Å². The van der Waals surface area contributed by atoms with E-state index in [2.05, 4.69) is 17.0 Å². The summed E-state index contributed by atoms with van der Waals surface area (Å²) >= 11 is 0. The van der Waals surface area contributed by atoms with Crippen LogP contribution in [0.15, 0.2) is 12.7 Å². The summed E-state index contributed by atoms with van der Waals surface area (Å²) in [7, 11) is 0. The number of hydrogen-bond donors (Lipinski definition) is 1. The fourth-order valence-corrected chi connectivity index (χ4v) is 1.18. The van der Waals surface area contributed by atoms with Crippen LogP contribution in [0.1, 0.15) is 19.3 Å². The van der Waals surface area contributed by atoms with E-state index in [4.69, 9.17) is 0 Å². The van der Waals surface area contributed by atoms with E-state index in [1.54, 1.807) is 0 Å². The highest BCUT2D eigenvalue weighted by Gasteiger charge is 2.06. The molecular formula is C8H16N2. The molecule has 0 amide bonds. The van der Waals surface area contributed by atoms with Crippen molar-refractivity contribution in [2.45, 2.75) is 19.3 Å². The van der Waals surface area contributed by atoms with Crippen LogP contribution in [0.3, 0.4) is 0 Å². The zero-order chi connectivity index (χ0) is 7.23. The molecule has 58 valence electrons. The van der Waals surface area contributed by atoms with Gasteiger partial charge < -0.3 is 0 Å². The van der Waals surface area contributed by atoms with Gasteiger partial charge in [0.05, 0.1) is 0 Å². The lowest BCUT2D eigenvalue weighted by atomic mass is 10.2. The lowest BCUT2D eigenvalue weighted by Crippen LogP contribution is -2.43. The second-order valence-corrected chi connectivity index (χ2v) is 2.68. The summed E-state index contributed by atoms with van der Waals surface area (Å²) in [6, 6.07) is 0. The highest BCUT2D eigenvalue weighted by Crippen LogP contribution is 1.99. The summed E-state index contributed by atoms with van der Waals surface area (Å²) in [5.41, 5.74) is 3.34. The average molecular weight is 140 g/mol. The molecule has 0 saturated carbocycles. The molecule has 10 heavy (non-hydrogen) atoms. The zero-order valence-electron chi connectivity index (χ0n) is 6.47. The molecule has 1 aliphatic heterocycles. The highest BCUT2D eigenvalue weighted by atomic mass is 15.5. The van der Waals surface area contributed by atoms with Gasteiger partial charge in [0.2, 0.25) is 0 Å². The van der Waals surface area contributed by atoms with Crippen LogP contribution >= 0.6 is 0 Å². The molecule has 1 fully saturated rings. The molecule has 1 N–H and O–H groups in total. The van der Waals surface area contributed by atoms with Crippen molar-refractivity contribution in [1.82, 2.24) is 10.4 Å². The number of nitrogens with one attached hydrogen (secondary N) is 1. The highest BCUT2D eigenvalue weighted by molar-refractivity contribution is 4.69. The fourth-order valence-electron chi connectivity index (χ4n) is 1.18. The van der Waals surface area contributed by atoms with E-state index in [0.717, 1.165) is 19.5 Å². The standard InChI is InChI=1S/C8H16N2/c1-2-3-7-10-8-5-4-6-9-10/h2,9H,1,3-8H2. The van der Waals surface area contributed by atoms with Crippen LogP contribution in [-0.2, 0) is 0 Å². The number of rotatable bonds is 3. The van der Waals surface area contributed by atoms with Gasteiger partial charge in [-0.25, -0.2) is 5.01 Å². The normalized spacial score (nSPS) is 20.8. The number of hydrazine groups is 1. The van der Waals surface area contributed by atoms with Gasteiger partial charge in [-0.05, 0) is 19.3 Å². The van der Waals surface area contributed by atoms with Crippen molar-refractivity contribution in [3.63, 3.8) is 0 Å². The van der Waals surface area contributed by atoms with Gasteiger partial charge in [0.15, 0.2) is 0 Å². The largest absolute Gasteiger partial charge is 0.255 e. The van der Waals surface area contributed by atoms with Crippen molar-refractivity contribution in [3.8, 4) is 0 Å². The van der Waals surface area contributed by atoms with Crippen LogP contribution in [0.4, 0.5) is 0 Å². The van der Waals surface area contributed by atoms with E-state index >= 15 is 0 Å². The Morgan fingerprint density at radius 1 is 1.50 bits per heavy atom. The molecule has 0 spiro atoms. The van der Waals surface area contributed by atoms with Gasteiger partial charge in [0.25, 0.3) is 0 Å². The molecule has 0 unspecified atom stereocenters. The Hall–Kier alpha value is -0.340. The van der Waals surface area contributed by atoms with Gasteiger partial charge >= 0.3 is 0 Å². The second-order valence-electron chi connectivity index (χ2n) is 2.68. The Labute approximate surface area is 62.9 Å². The van der Waals surface area contributed by atoms with Crippen molar-refractivity contribution >= 4 is 0 Å². The zero-order valence-corrected chi connectivity index (χ0v) is 6.47. The molecule has 0 bridgehead atoms. The molecule has 1 rings (SSSR count). The minimum Gasteiger partial charge on any atom is -0.255 e. The molecule has 2 heteroatoms. The third kappa shape index (κ3) is 2.50. The van der Waals surface area contributed by atoms with Crippen LogP contribution in [0.25, 0.3) is 0 Å². The average Bonchev–Trinajstić information content (AvgIpc) is 2.03. The minimum absolute atomic E-state index is 1.09. The summed E-state index contributed by atoms with van der Waals surface area (Å²) in [5.74, 6) is 0. The Bertz CT molecular complexity index is 95.4. The first kappa shape index (κ1) is 7.76. The summed E-state index contributed by atoms with van der Waals surface area (Å²) in [6.07, 6.45) is 5.72. The maximum Gasteiger partial charge on any atom is 0.0165 e. The lowest BCUT2D eigenvalue weighted by molar-refractivity contribution is 0.156. The molecular weight excluding hydrogens is 124 g/mol. The van der Waals surface area contributed by atoms with Crippen LogP contribution in [-0.4, -0.2) is 24.6 Å². The first-order valence-electron chi connectivity index (χ1n) is 4.03. The lowest BCUT2D eigenvalue weighted by Gasteiger charge is -2.26. The van der Waals surface area contributed by atoms with Gasteiger partial charge in [-0.1, -0.05) is 6.08 Å². The fraction of sp³-hybridized carbons (Fsp3) is 0.750. The molecule has 0 aliphatic carbocycles. The van der Waals surface area contributed by atoms with Gasteiger partial charge in [-0.3, -0.25) is 5.43 Å². The number of hydrogen-bond acceptors (Lipinski definition) is 2. The molecule has 0 aromatic rings. The van der Waals surface area contributed by atoms with Crippen molar-refractivity contribution in [3.05, 3.63) is 12.7 Å². The predicted octanol–water partition coefficient (Wildman–Crippen LogP) is 1.16. The first-order valence-corrected chi connectivity index (χ1v) is 4.03. The first-order chi connectivity index (χ1) is 4.93. The quantitative estimate of drug-likeness (QED) is 0.592. The van der Waals surface area contributed by atoms with Gasteiger partial charge in [-0.15, -0.1) is 6.58 Å². The number of nitrogens with zero attached hydrogens (tertiary/aromatic N) is 1. The maximum atomic E-state index is 3.69. The van der Waals surface area contributed by atoms with Crippen LogP contribution in [0, 0.1) is 0 Å². The SMILES string of the molecule is C=CCCN1CCCCN1. The molecule has 1 saturated heterocycles. The van der Waals surface area contributed by atoms with Gasteiger partial charge in [0.1, 0.15) is 0 Å². The molecule has 1 heterocycles. The molecule has 2 nitrogen and oxygen atoms in total. The summed E-state index contributed by atoms with van der Waals surface area (Å²) in [4.78, 5) is 0. The Balaban J connectivity index is 2.07. The van der Waals surface area contributed by atoms with Crippen LogP contribution in [0.5, 0.6) is 0 Å². The van der Waals surface area contributed by atoms with Crippen molar-refractivity contribution < 1.29 is 0 Å². The molecule has 0 aromatic heterocycles. The van der Waals surface area contributed by atoms with E-state index in [-0.39, 0.29) is 0 Å². The van der Waals surface area contributed by atoms with Crippen LogP contribution in [0.2, 0.25) is 0 Å². The smallest absolute Gasteiger partial charge is 0.0165 e.